The van der Waals surface area contributed by atoms with E-state index < -0.39 is 12.1 Å². The van der Waals surface area contributed by atoms with E-state index in [0.717, 1.165) is 5.56 Å². The summed E-state index contributed by atoms with van der Waals surface area (Å²) < 4.78 is 0. The van der Waals surface area contributed by atoms with Crippen LogP contribution in [-0.4, -0.2) is 12.1 Å². The molecule has 0 atom stereocenters. The summed E-state index contributed by atoms with van der Waals surface area (Å²) >= 11 is 8.63. The molecule has 3 aromatic rings. The van der Waals surface area contributed by atoms with Crippen molar-refractivity contribution in [3.63, 3.8) is 0 Å². The third kappa shape index (κ3) is 5.69. The van der Waals surface area contributed by atoms with Gasteiger partial charge in [-0.15, -0.1) is 25.3 Å². The number of nitrogens with one attached hydrogen (secondary N) is 4. The van der Waals surface area contributed by atoms with E-state index in [4.69, 9.17) is 0 Å². The summed E-state index contributed by atoms with van der Waals surface area (Å²) in [5.74, 6) is 0. The molecule has 0 saturated carbocycles. The molecule has 0 bridgehead atoms. The van der Waals surface area contributed by atoms with E-state index in [9.17, 15) is 9.59 Å². The van der Waals surface area contributed by atoms with E-state index in [1.807, 2.05) is 37.3 Å². The first-order valence-corrected chi connectivity index (χ1v) is 9.64. The van der Waals surface area contributed by atoms with Crippen LogP contribution < -0.4 is 21.3 Å². The predicted octanol–water partition coefficient (Wildman–Crippen LogP) is 5.86. The third-order valence-electron chi connectivity index (χ3n) is 4.05. The molecule has 4 amide bonds. The average molecular weight is 425 g/mol. The highest BCUT2D eigenvalue weighted by Gasteiger charge is 2.10. The fourth-order valence-corrected chi connectivity index (χ4v) is 2.99. The van der Waals surface area contributed by atoms with E-state index >= 15 is 0 Å². The van der Waals surface area contributed by atoms with Crippen LogP contribution in [0.5, 0.6) is 0 Å². The highest BCUT2D eigenvalue weighted by Crippen LogP contribution is 2.23. The Morgan fingerprint density at radius 1 is 0.655 bits per heavy atom. The van der Waals surface area contributed by atoms with E-state index in [2.05, 4.69) is 46.5 Å². The third-order valence-corrected chi connectivity index (χ3v) is 4.83. The van der Waals surface area contributed by atoms with Gasteiger partial charge in [0, 0.05) is 21.2 Å². The largest absolute Gasteiger partial charge is 0.323 e. The first-order chi connectivity index (χ1) is 13.9. The standard InChI is InChI=1S/C21H20N4O2S2/c1-13-10-11-14(22-20(26)23-15-6-2-4-8-18(15)28)12-17(13)25-21(27)24-16-7-3-5-9-19(16)29/h2-12,28-29H,1H3,(H2,22,23,26)(H2,24,25,27). The van der Waals surface area contributed by atoms with Gasteiger partial charge in [-0.25, -0.2) is 9.59 Å². The minimum atomic E-state index is -0.408. The number of carbonyl (C=O) groups excluding carboxylic acids is 2. The summed E-state index contributed by atoms with van der Waals surface area (Å²) in [6.45, 7) is 1.86. The molecule has 8 heteroatoms. The number of benzene rings is 3. The Hall–Kier alpha value is -3.10. The number of carbonyl (C=O) groups is 2. The van der Waals surface area contributed by atoms with Crippen molar-refractivity contribution in [1.82, 2.24) is 0 Å². The van der Waals surface area contributed by atoms with Crippen LogP contribution in [0, 0.1) is 6.92 Å². The van der Waals surface area contributed by atoms with E-state index in [1.54, 1.807) is 36.4 Å². The first-order valence-electron chi connectivity index (χ1n) is 8.75. The van der Waals surface area contributed by atoms with E-state index in [-0.39, 0.29) is 0 Å². The summed E-state index contributed by atoms with van der Waals surface area (Å²) in [5.41, 5.74) is 3.17. The number of amides is 4. The monoisotopic (exact) mass is 424 g/mol. The van der Waals surface area contributed by atoms with Gasteiger partial charge in [-0.3, -0.25) is 0 Å². The number of anilines is 4. The molecule has 0 aromatic heterocycles. The molecule has 0 aliphatic heterocycles. The van der Waals surface area contributed by atoms with Crippen molar-refractivity contribution in [3.8, 4) is 0 Å². The minimum Gasteiger partial charge on any atom is -0.308 e. The number of hydrogen-bond donors (Lipinski definition) is 6. The predicted molar refractivity (Wildman–Crippen MR) is 124 cm³/mol. The van der Waals surface area contributed by atoms with Crippen molar-refractivity contribution in [3.05, 3.63) is 72.3 Å². The quantitative estimate of drug-likeness (QED) is 0.297. The van der Waals surface area contributed by atoms with Crippen molar-refractivity contribution in [2.24, 2.45) is 0 Å². The molecule has 29 heavy (non-hydrogen) atoms. The van der Waals surface area contributed by atoms with Gasteiger partial charge in [0.1, 0.15) is 0 Å². The molecule has 0 aliphatic carbocycles. The van der Waals surface area contributed by atoms with Crippen molar-refractivity contribution in [2.45, 2.75) is 16.7 Å². The molecule has 3 rings (SSSR count). The van der Waals surface area contributed by atoms with Crippen LogP contribution in [0.3, 0.4) is 0 Å². The van der Waals surface area contributed by atoms with Gasteiger partial charge in [0.05, 0.1) is 11.4 Å². The molecule has 148 valence electrons. The lowest BCUT2D eigenvalue weighted by molar-refractivity contribution is 0.261. The summed E-state index contributed by atoms with van der Waals surface area (Å²) in [6, 6.07) is 18.8. The van der Waals surface area contributed by atoms with Gasteiger partial charge in [0.25, 0.3) is 0 Å². The number of aryl methyl sites for hydroxylation is 1. The van der Waals surface area contributed by atoms with Crippen molar-refractivity contribution >= 4 is 60.1 Å². The summed E-state index contributed by atoms with van der Waals surface area (Å²) in [4.78, 5) is 25.9. The van der Waals surface area contributed by atoms with Gasteiger partial charge in [-0.2, -0.15) is 0 Å². The molecule has 0 fully saturated rings. The Kier molecular flexibility index (Phi) is 6.69. The Morgan fingerprint density at radius 2 is 1.14 bits per heavy atom. The van der Waals surface area contributed by atoms with Gasteiger partial charge in [-0.1, -0.05) is 30.3 Å². The number of rotatable bonds is 4. The highest BCUT2D eigenvalue weighted by molar-refractivity contribution is 7.80. The van der Waals surface area contributed by atoms with Gasteiger partial charge in [0.15, 0.2) is 0 Å². The van der Waals surface area contributed by atoms with Crippen LogP contribution in [0.15, 0.2) is 76.5 Å². The van der Waals surface area contributed by atoms with Crippen LogP contribution in [0.1, 0.15) is 5.56 Å². The fraction of sp³-hybridized carbons (Fsp3) is 0.0476. The summed E-state index contributed by atoms with van der Waals surface area (Å²) in [7, 11) is 0. The molecule has 0 aliphatic rings. The molecule has 3 aromatic carbocycles. The maximum Gasteiger partial charge on any atom is 0.323 e. The van der Waals surface area contributed by atoms with Gasteiger partial charge in [-0.05, 0) is 48.9 Å². The minimum absolute atomic E-state index is 0.403. The molecular weight excluding hydrogens is 404 g/mol. The van der Waals surface area contributed by atoms with Crippen LogP contribution in [0.4, 0.5) is 32.3 Å². The second-order valence-electron chi connectivity index (χ2n) is 6.22. The normalized spacial score (nSPS) is 10.2. The molecule has 0 unspecified atom stereocenters. The Bertz CT molecular complexity index is 1060. The topological polar surface area (TPSA) is 82.3 Å². The highest BCUT2D eigenvalue weighted by atomic mass is 32.1. The Morgan fingerprint density at radius 3 is 1.69 bits per heavy atom. The fourth-order valence-electron chi connectivity index (χ4n) is 2.55. The molecule has 0 saturated heterocycles. The zero-order valence-electron chi connectivity index (χ0n) is 15.6. The van der Waals surface area contributed by atoms with Crippen molar-refractivity contribution in [2.75, 3.05) is 21.3 Å². The van der Waals surface area contributed by atoms with Crippen molar-refractivity contribution in [1.29, 1.82) is 0 Å². The maximum atomic E-state index is 12.3. The second kappa shape index (κ2) is 9.40. The zero-order valence-corrected chi connectivity index (χ0v) is 17.4. The molecule has 4 N–H and O–H groups in total. The molecular formula is C21H20N4O2S2. The number of urea groups is 2. The van der Waals surface area contributed by atoms with Gasteiger partial charge < -0.3 is 21.3 Å². The molecule has 0 radical (unpaired) electrons. The number of hydrogen-bond acceptors (Lipinski definition) is 4. The summed E-state index contributed by atoms with van der Waals surface area (Å²) in [6.07, 6.45) is 0. The lowest BCUT2D eigenvalue weighted by Gasteiger charge is -2.14. The van der Waals surface area contributed by atoms with Crippen LogP contribution in [0.2, 0.25) is 0 Å². The number of thiol groups is 2. The van der Waals surface area contributed by atoms with Crippen LogP contribution in [-0.2, 0) is 0 Å². The van der Waals surface area contributed by atoms with Crippen LogP contribution in [0.25, 0.3) is 0 Å². The van der Waals surface area contributed by atoms with Gasteiger partial charge >= 0.3 is 12.1 Å². The molecule has 6 nitrogen and oxygen atoms in total. The van der Waals surface area contributed by atoms with E-state index in [0.29, 0.717) is 32.5 Å². The lowest BCUT2D eigenvalue weighted by Crippen LogP contribution is -2.21. The Labute approximate surface area is 179 Å². The molecule has 0 heterocycles. The SMILES string of the molecule is Cc1ccc(NC(=O)Nc2ccccc2S)cc1NC(=O)Nc1ccccc1S. The number of para-hydroxylation sites is 2. The average Bonchev–Trinajstić information content (AvgIpc) is 2.68. The van der Waals surface area contributed by atoms with Crippen LogP contribution >= 0.6 is 25.3 Å². The first kappa shape index (κ1) is 20.6. The van der Waals surface area contributed by atoms with E-state index in [1.165, 1.54) is 0 Å². The lowest BCUT2D eigenvalue weighted by atomic mass is 10.2. The summed E-state index contributed by atoms with van der Waals surface area (Å²) in [5, 5.41) is 11.0. The maximum absolute atomic E-state index is 12.3. The van der Waals surface area contributed by atoms with Crippen molar-refractivity contribution < 1.29 is 9.59 Å². The molecule has 0 spiro atoms. The van der Waals surface area contributed by atoms with Gasteiger partial charge in [0.2, 0.25) is 0 Å². The Balaban J connectivity index is 1.66. The second-order valence-corrected chi connectivity index (χ2v) is 7.19. The zero-order chi connectivity index (χ0) is 20.8. The smallest absolute Gasteiger partial charge is 0.308 e.